The van der Waals surface area contributed by atoms with Crippen molar-refractivity contribution in [1.82, 2.24) is 5.32 Å². The molecule has 7 heteroatoms. The third-order valence-electron chi connectivity index (χ3n) is 4.73. The van der Waals surface area contributed by atoms with Gasteiger partial charge in [0.1, 0.15) is 17.1 Å². The van der Waals surface area contributed by atoms with Gasteiger partial charge in [0.15, 0.2) is 5.78 Å². The molecule has 34 heavy (non-hydrogen) atoms. The maximum atomic E-state index is 12.7. The van der Waals surface area contributed by atoms with E-state index in [9.17, 15) is 19.5 Å². The van der Waals surface area contributed by atoms with Crippen LogP contribution >= 0.6 is 0 Å². The second-order valence-corrected chi connectivity index (χ2v) is 7.16. The second kappa shape index (κ2) is 15.1. The third kappa shape index (κ3) is 8.94. The summed E-state index contributed by atoms with van der Waals surface area (Å²) in [5.74, 6) is -0.907. The van der Waals surface area contributed by atoms with Gasteiger partial charge in [0.2, 0.25) is 0 Å². The molecule has 1 atom stereocenters. The van der Waals surface area contributed by atoms with Gasteiger partial charge in [-0.3, -0.25) is 10.1 Å². The molecule has 2 aromatic rings. The van der Waals surface area contributed by atoms with Gasteiger partial charge in [0, 0.05) is 18.2 Å². The Labute approximate surface area is 200 Å². The van der Waals surface area contributed by atoms with E-state index >= 15 is 0 Å². The van der Waals surface area contributed by atoms with Crippen molar-refractivity contribution in [3.8, 4) is 5.75 Å². The third-order valence-corrected chi connectivity index (χ3v) is 4.73. The summed E-state index contributed by atoms with van der Waals surface area (Å²) in [5.41, 5.74) is 0.00831. The minimum atomic E-state index is -0.875. The number of ether oxygens (including phenoxy) is 1. The lowest BCUT2D eigenvalue weighted by Gasteiger charge is -2.11. The van der Waals surface area contributed by atoms with Crippen LogP contribution in [0.25, 0.3) is 6.08 Å². The number of carbonyl (C=O) groups is 2. The number of aromatic hydroxyl groups is 1. The van der Waals surface area contributed by atoms with Crippen LogP contribution in [0.5, 0.6) is 5.75 Å². The summed E-state index contributed by atoms with van der Waals surface area (Å²) < 4.78 is 9.76. The van der Waals surface area contributed by atoms with Crippen LogP contribution in [0, 0.1) is 0 Å². The van der Waals surface area contributed by atoms with Gasteiger partial charge in [0.05, 0.1) is 7.11 Å². The summed E-state index contributed by atoms with van der Waals surface area (Å²) >= 11 is 0. The van der Waals surface area contributed by atoms with Crippen LogP contribution in [-0.4, -0.2) is 24.1 Å². The maximum Gasteiger partial charge on any atom is 0.410 e. The molecule has 0 spiro atoms. The van der Waals surface area contributed by atoms with Crippen LogP contribution in [0.3, 0.4) is 0 Å². The topological polar surface area (TPSA) is 106 Å². The molecule has 0 aliphatic heterocycles. The van der Waals surface area contributed by atoms with Crippen LogP contribution in [0.4, 0.5) is 4.79 Å². The van der Waals surface area contributed by atoms with E-state index in [-0.39, 0.29) is 17.2 Å². The lowest BCUT2D eigenvalue weighted by atomic mass is 10.00. The first-order valence-electron chi connectivity index (χ1n) is 11.1. The largest absolute Gasteiger partial charge is 0.507 e. The van der Waals surface area contributed by atoms with Gasteiger partial charge in [-0.2, -0.15) is 0 Å². The number of alkyl carbamates (subject to hydrolysis) is 1. The molecule has 0 bridgehead atoms. The van der Waals surface area contributed by atoms with Crippen LogP contribution in [0.15, 0.2) is 75.6 Å². The van der Waals surface area contributed by atoms with Gasteiger partial charge >= 0.3 is 11.7 Å². The summed E-state index contributed by atoms with van der Waals surface area (Å²) in [5, 5.41) is 12.8. The Bertz CT molecular complexity index is 1080. The van der Waals surface area contributed by atoms with Crippen LogP contribution in [-0.2, 0) is 4.74 Å². The number of rotatable bonds is 9. The Morgan fingerprint density at radius 1 is 1.21 bits per heavy atom. The molecule has 0 unspecified atom stereocenters. The molecular weight excluding hydrogens is 434 g/mol. The Morgan fingerprint density at radius 3 is 2.50 bits per heavy atom. The van der Waals surface area contributed by atoms with E-state index in [1.165, 1.54) is 19.4 Å². The smallest absolute Gasteiger partial charge is 0.410 e. The summed E-state index contributed by atoms with van der Waals surface area (Å²) in [6, 6.07) is 10.9. The Morgan fingerprint density at radius 2 is 1.88 bits per heavy atom. The molecule has 1 heterocycles. The molecule has 2 rings (SSSR count). The summed E-state index contributed by atoms with van der Waals surface area (Å²) in [6.07, 6.45) is 8.95. The van der Waals surface area contributed by atoms with Crippen molar-refractivity contribution in [2.24, 2.45) is 0 Å². The highest BCUT2D eigenvalue weighted by Crippen LogP contribution is 2.26. The molecule has 2 N–H and O–H groups in total. The van der Waals surface area contributed by atoms with Gasteiger partial charge < -0.3 is 14.3 Å². The van der Waals surface area contributed by atoms with Crippen molar-refractivity contribution in [2.45, 2.75) is 46.5 Å². The second-order valence-electron chi connectivity index (χ2n) is 7.16. The van der Waals surface area contributed by atoms with Crippen molar-refractivity contribution >= 4 is 18.0 Å². The molecule has 1 amide bonds. The van der Waals surface area contributed by atoms with Crippen molar-refractivity contribution in [3.63, 3.8) is 0 Å². The van der Waals surface area contributed by atoms with Crippen molar-refractivity contribution in [3.05, 3.63) is 93.7 Å². The number of carbonyl (C=O) groups excluding carboxylic acids is 2. The first kappa shape index (κ1) is 28.2. The van der Waals surface area contributed by atoms with Gasteiger partial charge in [-0.05, 0) is 30.9 Å². The molecule has 1 aromatic carbocycles. The van der Waals surface area contributed by atoms with Gasteiger partial charge in [-0.15, -0.1) is 0 Å². The normalized spacial score (nSPS) is 12.2. The molecule has 0 aliphatic rings. The fraction of sp³-hybridized carbons (Fsp3) is 0.296. The molecule has 0 saturated carbocycles. The number of hydrogen-bond donors (Lipinski definition) is 2. The highest BCUT2D eigenvalue weighted by Gasteiger charge is 2.21. The molecule has 0 saturated heterocycles. The van der Waals surface area contributed by atoms with E-state index in [0.29, 0.717) is 18.4 Å². The zero-order valence-electron chi connectivity index (χ0n) is 20.3. The van der Waals surface area contributed by atoms with E-state index in [0.717, 1.165) is 5.56 Å². The van der Waals surface area contributed by atoms with Crippen molar-refractivity contribution in [2.75, 3.05) is 7.11 Å². The van der Waals surface area contributed by atoms with E-state index in [1.807, 2.05) is 57.2 Å². The van der Waals surface area contributed by atoms with Crippen LogP contribution in [0.2, 0.25) is 0 Å². The minimum absolute atomic E-state index is 0.189. The average molecular weight is 468 g/mol. The number of nitrogens with one attached hydrogen (secondary N) is 1. The monoisotopic (exact) mass is 467 g/mol. The highest BCUT2D eigenvalue weighted by atomic mass is 16.5. The van der Waals surface area contributed by atoms with Crippen molar-refractivity contribution < 1.29 is 23.8 Å². The Hall–Kier alpha value is -3.87. The molecule has 0 fully saturated rings. The number of Topliss-reactive ketones (excluding diaryl/α,β-unsaturated/α-hetero) is 1. The number of methoxy groups -OCH3 is 1. The summed E-state index contributed by atoms with van der Waals surface area (Å²) in [6.45, 7) is 7.40. The predicted molar refractivity (Wildman–Crippen MR) is 134 cm³/mol. The lowest BCUT2D eigenvalue weighted by molar-refractivity contribution is 0.102. The van der Waals surface area contributed by atoms with Crippen LogP contribution in [0.1, 0.15) is 68.1 Å². The number of hydrogen-bond acceptors (Lipinski definition) is 6. The SMILES string of the molecule is CC.COC(=O)N/C=C/CC[C@@H](C)c1cc(O)c(C(=O)/C(C)=C/C=C/c2ccccc2)c(=O)o1. The quantitative estimate of drug-likeness (QED) is 0.267. The molecular formula is C27H33NO6. The van der Waals surface area contributed by atoms with Crippen molar-refractivity contribution in [1.29, 1.82) is 0 Å². The molecule has 7 nitrogen and oxygen atoms in total. The summed E-state index contributed by atoms with van der Waals surface area (Å²) in [4.78, 5) is 36.0. The van der Waals surface area contributed by atoms with Crippen LogP contribution < -0.4 is 10.9 Å². The standard InChI is InChI=1S/C25H27NO6.C2H6/c1-17(10-7-8-15-26-25(30)31-3)21-16-20(27)22(24(29)32-21)23(28)18(2)11-9-14-19-12-5-4-6-13-19;1-2/h4-6,8-9,11-17,27H,7,10H2,1-3H3,(H,26,30);1-2H3/b14-9+,15-8+,18-11+;/t17-;/m1./s1. The maximum absolute atomic E-state index is 12.7. The van der Waals surface area contributed by atoms with E-state index in [4.69, 9.17) is 4.42 Å². The first-order chi connectivity index (χ1) is 16.3. The molecule has 182 valence electrons. The zero-order valence-corrected chi connectivity index (χ0v) is 20.3. The molecule has 0 radical (unpaired) electrons. The highest BCUT2D eigenvalue weighted by molar-refractivity contribution is 6.09. The number of allylic oxidation sites excluding steroid dienone is 4. The zero-order chi connectivity index (χ0) is 25.5. The van der Waals surface area contributed by atoms with Gasteiger partial charge in [-0.25, -0.2) is 9.59 Å². The molecule has 1 aromatic heterocycles. The molecule has 0 aliphatic carbocycles. The number of amides is 1. The van der Waals surface area contributed by atoms with Gasteiger partial charge in [0.25, 0.3) is 0 Å². The minimum Gasteiger partial charge on any atom is -0.507 e. The Balaban J connectivity index is 0.00000281. The predicted octanol–water partition coefficient (Wildman–Crippen LogP) is 5.97. The summed E-state index contributed by atoms with van der Waals surface area (Å²) in [7, 11) is 1.27. The average Bonchev–Trinajstić information content (AvgIpc) is 2.84. The van der Waals surface area contributed by atoms with Gasteiger partial charge in [-0.1, -0.05) is 75.4 Å². The fourth-order valence-corrected chi connectivity index (χ4v) is 2.85. The van der Waals surface area contributed by atoms with E-state index < -0.39 is 23.3 Å². The first-order valence-corrected chi connectivity index (χ1v) is 11.1. The Kier molecular flexibility index (Phi) is 12.5. The van der Waals surface area contributed by atoms with E-state index in [2.05, 4.69) is 10.1 Å². The number of benzene rings is 1. The van der Waals surface area contributed by atoms with E-state index in [1.54, 1.807) is 25.2 Å². The number of ketones is 1. The lowest BCUT2D eigenvalue weighted by Crippen LogP contribution is -2.16. The fourth-order valence-electron chi connectivity index (χ4n) is 2.85.